The van der Waals surface area contributed by atoms with Crippen LogP contribution in [0.5, 0.6) is 0 Å². The Bertz CT molecular complexity index is 662. The van der Waals surface area contributed by atoms with E-state index in [4.69, 9.17) is 19.8 Å². The topological polar surface area (TPSA) is 132 Å². The summed E-state index contributed by atoms with van der Waals surface area (Å²) in [7, 11) is 0. The molecule has 4 N–H and O–H groups in total. The first-order chi connectivity index (χ1) is 14.8. The molecular formula is C25H42O7. The van der Waals surface area contributed by atoms with E-state index < -0.39 is 22.8 Å². The monoisotopic (exact) mass is 454 g/mol. The molecule has 0 aromatic carbocycles. The first-order valence-corrected chi connectivity index (χ1v) is 11.4. The maximum Gasteiger partial charge on any atom is 0.300 e. The van der Waals surface area contributed by atoms with Gasteiger partial charge in [0.1, 0.15) is 5.78 Å². The fourth-order valence-electron chi connectivity index (χ4n) is 4.62. The molecule has 1 saturated carbocycles. The van der Waals surface area contributed by atoms with Crippen LogP contribution in [0.25, 0.3) is 0 Å². The molecule has 2 aliphatic carbocycles. The normalized spacial score (nSPS) is 23.9. The van der Waals surface area contributed by atoms with Crippen LogP contribution >= 0.6 is 0 Å². The highest BCUT2D eigenvalue weighted by Crippen LogP contribution is 2.46. The van der Waals surface area contributed by atoms with Crippen LogP contribution in [0.15, 0.2) is 23.3 Å². The second-order valence-corrected chi connectivity index (χ2v) is 9.53. The van der Waals surface area contributed by atoms with Gasteiger partial charge in [0, 0.05) is 24.7 Å². The number of allylic oxidation sites excluding steroid dienone is 1. The van der Waals surface area contributed by atoms with E-state index in [1.165, 1.54) is 32.1 Å². The molecule has 0 bridgehead atoms. The number of carbonyl (C=O) groups is 3. The third-order valence-corrected chi connectivity index (χ3v) is 6.16. The van der Waals surface area contributed by atoms with Gasteiger partial charge >= 0.3 is 0 Å². The smallest absolute Gasteiger partial charge is 0.300 e. The van der Waals surface area contributed by atoms with E-state index in [1.807, 2.05) is 26.0 Å². The molecule has 1 fully saturated rings. The summed E-state index contributed by atoms with van der Waals surface area (Å²) >= 11 is 0. The predicted octanol–water partition coefficient (Wildman–Crippen LogP) is 4.37. The summed E-state index contributed by atoms with van der Waals surface area (Å²) in [4.78, 5) is 31.5. The molecule has 0 spiro atoms. The van der Waals surface area contributed by atoms with E-state index in [-0.39, 0.29) is 19.0 Å². The van der Waals surface area contributed by atoms with Gasteiger partial charge in [-0.15, -0.1) is 0 Å². The van der Waals surface area contributed by atoms with E-state index in [1.54, 1.807) is 0 Å². The lowest BCUT2D eigenvalue weighted by Gasteiger charge is -2.42. The van der Waals surface area contributed by atoms with E-state index in [0.29, 0.717) is 12.3 Å². The Morgan fingerprint density at radius 3 is 1.75 bits per heavy atom. The van der Waals surface area contributed by atoms with Crippen LogP contribution in [-0.4, -0.2) is 51.4 Å². The molecule has 0 heterocycles. The van der Waals surface area contributed by atoms with Crippen LogP contribution in [0.1, 0.15) is 86.0 Å². The Morgan fingerprint density at radius 2 is 1.34 bits per heavy atom. The maximum atomic E-state index is 13.5. The number of hydrogen-bond acceptors (Lipinski definition) is 5. The fraction of sp³-hybridized carbons (Fsp3) is 0.720. The van der Waals surface area contributed by atoms with Crippen molar-refractivity contribution in [1.29, 1.82) is 0 Å². The minimum atomic E-state index is -0.833. The lowest BCUT2D eigenvalue weighted by molar-refractivity contribution is -0.137. The maximum absolute atomic E-state index is 13.5. The Kier molecular flexibility index (Phi) is 13.3. The van der Waals surface area contributed by atoms with Crippen molar-refractivity contribution in [1.82, 2.24) is 0 Å². The predicted molar refractivity (Wildman–Crippen MR) is 124 cm³/mol. The van der Waals surface area contributed by atoms with Crippen LogP contribution in [0, 0.1) is 16.7 Å². The number of carboxylic acid groups (broad SMARTS) is 2. The van der Waals surface area contributed by atoms with Gasteiger partial charge in [0.05, 0.1) is 13.2 Å². The van der Waals surface area contributed by atoms with Gasteiger partial charge in [-0.05, 0) is 43.3 Å². The average Bonchev–Trinajstić information content (AvgIpc) is 2.64. The number of ketones is 1. The minimum absolute atomic E-state index is 0.0859. The Labute approximate surface area is 192 Å². The lowest BCUT2D eigenvalue weighted by atomic mass is 9.60. The third kappa shape index (κ3) is 10.1. The van der Waals surface area contributed by atoms with Crippen molar-refractivity contribution in [3.8, 4) is 0 Å². The van der Waals surface area contributed by atoms with E-state index in [0.717, 1.165) is 37.8 Å². The molecule has 7 nitrogen and oxygen atoms in total. The van der Waals surface area contributed by atoms with Crippen molar-refractivity contribution in [3.63, 3.8) is 0 Å². The molecule has 0 aromatic heterocycles. The summed E-state index contributed by atoms with van der Waals surface area (Å²) in [5.74, 6) is -1.02. The number of aliphatic hydroxyl groups is 2. The second-order valence-electron chi connectivity index (χ2n) is 9.53. The zero-order chi connectivity index (χ0) is 24.9. The van der Waals surface area contributed by atoms with E-state index >= 15 is 0 Å². The zero-order valence-electron chi connectivity index (χ0n) is 20.3. The number of aliphatic hydroxyl groups excluding tert-OH is 2. The Hall–Kier alpha value is -1.99. The summed E-state index contributed by atoms with van der Waals surface area (Å²) in [6, 6.07) is 0. The molecule has 2 aliphatic rings. The first kappa shape index (κ1) is 30.0. The zero-order valence-corrected chi connectivity index (χ0v) is 20.3. The van der Waals surface area contributed by atoms with Crippen LogP contribution in [0.2, 0.25) is 0 Å². The number of carbonyl (C=O) groups excluding carboxylic acids is 1. The summed E-state index contributed by atoms with van der Waals surface area (Å²) in [5.41, 5.74) is 0.546. The van der Waals surface area contributed by atoms with E-state index in [9.17, 15) is 15.0 Å². The molecule has 7 heteroatoms. The molecule has 1 atom stereocenters. The summed E-state index contributed by atoms with van der Waals surface area (Å²) in [5, 5.41) is 34.2. The number of Topliss-reactive ketones (excluding diaryl/α,β-unsaturated/α-hetero) is 1. The van der Waals surface area contributed by atoms with Gasteiger partial charge < -0.3 is 20.4 Å². The molecule has 32 heavy (non-hydrogen) atoms. The SMILES string of the molecule is CC(=O)O.CC(=O)O.CC1(C)CC(CO)=C(CO)C=CC(C)(C2CCCCCCC2)C1=O. The third-order valence-electron chi connectivity index (χ3n) is 6.16. The van der Waals surface area contributed by atoms with Crippen LogP contribution < -0.4 is 0 Å². The van der Waals surface area contributed by atoms with Gasteiger partial charge in [0.25, 0.3) is 11.9 Å². The molecule has 0 aliphatic heterocycles. The van der Waals surface area contributed by atoms with Crippen molar-refractivity contribution < 1.29 is 34.8 Å². The second kappa shape index (κ2) is 14.2. The van der Waals surface area contributed by atoms with Crippen molar-refractivity contribution in [2.45, 2.75) is 86.0 Å². The van der Waals surface area contributed by atoms with Crippen molar-refractivity contribution >= 4 is 17.7 Å². The Balaban J connectivity index is 0.00000104. The summed E-state index contributed by atoms with van der Waals surface area (Å²) < 4.78 is 0. The number of aliphatic carboxylic acids is 2. The molecule has 184 valence electrons. The highest BCUT2D eigenvalue weighted by molar-refractivity contribution is 5.92. The molecule has 2 rings (SSSR count). The molecule has 1 unspecified atom stereocenters. The van der Waals surface area contributed by atoms with Crippen LogP contribution in [0.3, 0.4) is 0 Å². The molecule has 0 aromatic rings. The Morgan fingerprint density at radius 1 is 0.906 bits per heavy atom. The van der Waals surface area contributed by atoms with Gasteiger partial charge in [-0.1, -0.05) is 58.1 Å². The molecule has 0 saturated heterocycles. The lowest BCUT2D eigenvalue weighted by Crippen LogP contribution is -2.44. The van der Waals surface area contributed by atoms with Crippen LogP contribution in [0.4, 0.5) is 0 Å². The van der Waals surface area contributed by atoms with Crippen LogP contribution in [-0.2, 0) is 14.4 Å². The van der Waals surface area contributed by atoms with Gasteiger partial charge in [-0.25, -0.2) is 0 Å². The molecule has 0 amide bonds. The van der Waals surface area contributed by atoms with Crippen molar-refractivity contribution in [3.05, 3.63) is 23.3 Å². The highest BCUT2D eigenvalue weighted by Gasteiger charge is 2.46. The minimum Gasteiger partial charge on any atom is -0.481 e. The summed E-state index contributed by atoms with van der Waals surface area (Å²) in [6.07, 6.45) is 12.9. The first-order valence-electron chi connectivity index (χ1n) is 11.4. The fourth-order valence-corrected chi connectivity index (χ4v) is 4.62. The van der Waals surface area contributed by atoms with Crippen molar-refractivity contribution in [2.75, 3.05) is 13.2 Å². The number of hydrogen-bond donors (Lipinski definition) is 4. The quantitative estimate of drug-likeness (QED) is 0.498. The highest BCUT2D eigenvalue weighted by atomic mass is 16.4. The average molecular weight is 455 g/mol. The number of carboxylic acids is 2. The van der Waals surface area contributed by atoms with Gasteiger partial charge in [-0.2, -0.15) is 0 Å². The summed E-state index contributed by atoms with van der Waals surface area (Å²) in [6.45, 7) is 8.05. The largest absolute Gasteiger partial charge is 0.481 e. The van der Waals surface area contributed by atoms with Gasteiger partial charge in [-0.3, -0.25) is 14.4 Å². The number of rotatable bonds is 3. The molecular weight excluding hydrogens is 412 g/mol. The molecule has 0 radical (unpaired) electrons. The van der Waals surface area contributed by atoms with Gasteiger partial charge in [0.2, 0.25) is 0 Å². The van der Waals surface area contributed by atoms with Crippen molar-refractivity contribution in [2.24, 2.45) is 16.7 Å². The van der Waals surface area contributed by atoms with E-state index in [2.05, 4.69) is 6.92 Å². The van der Waals surface area contributed by atoms with Gasteiger partial charge in [0.15, 0.2) is 0 Å². The standard InChI is InChI=1S/C21H34O3.2C2H4O2/c1-20(2)13-17(15-23)16(14-22)11-12-21(3,19(20)24)18-9-7-5-4-6-8-10-18;2*1-2(3)4/h11-12,18,22-23H,4-10,13-15H2,1-3H3;2*1H3,(H,3,4).